The lowest BCUT2D eigenvalue weighted by molar-refractivity contribution is -0.0899. The third-order valence-corrected chi connectivity index (χ3v) is 2.33. The lowest BCUT2D eigenvalue weighted by Gasteiger charge is -2.23. The van der Waals surface area contributed by atoms with Crippen LogP contribution in [0.25, 0.3) is 0 Å². The molecule has 1 heterocycles. The van der Waals surface area contributed by atoms with Crippen molar-refractivity contribution in [2.24, 2.45) is 10.7 Å². The first-order chi connectivity index (χ1) is 8.61. The van der Waals surface area contributed by atoms with Crippen molar-refractivity contribution >= 4 is 5.84 Å². The van der Waals surface area contributed by atoms with E-state index in [2.05, 4.69) is 10.4 Å². The summed E-state index contributed by atoms with van der Waals surface area (Å²) in [7, 11) is 0. The van der Waals surface area contributed by atoms with Crippen LogP contribution >= 0.6 is 0 Å². The molecule has 0 unspecified atom stereocenters. The van der Waals surface area contributed by atoms with Gasteiger partial charge in [-0.25, -0.2) is 0 Å². The quantitative estimate of drug-likeness (QED) is 0.629. The van der Waals surface area contributed by atoms with E-state index >= 15 is 0 Å². The Labute approximate surface area is 104 Å². The highest BCUT2D eigenvalue weighted by Crippen LogP contribution is 2.15. The van der Waals surface area contributed by atoms with Gasteiger partial charge in [0.1, 0.15) is 5.75 Å². The monoisotopic (exact) mass is 250 g/mol. The van der Waals surface area contributed by atoms with Gasteiger partial charge in [0.2, 0.25) is 5.82 Å². The number of aliphatic hydroxyl groups excluding tert-OH is 1. The van der Waals surface area contributed by atoms with Gasteiger partial charge in [0.25, 0.3) is 5.88 Å². The molecule has 1 aliphatic heterocycles. The predicted octanol–water partition coefficient (Wildman–Crippen LogP) is 0.685. The van der Waals surface area contributed by atoms with E-state index in [0.717, 1.165) is 5.75 Å². The summed E-state index contributed by atoms with van der Waals surface area (Å²) in [5, 5.41) is 19.3. The lowest BCUT2D eigenvalue weighted by atomic mass is 10.2. The SMILES string of the molecule is CCOc1ccc(C2=NC(O)=C(N)N(O)N2)cc1. The molecule has 0 radical (unpaired) electrons. The van der Waals surface area contributed by atoms with E-state index in [4.69, 9.17) is 10.5 Å². The third-order valence-electron chi connectivity index (χ3n) is 2.33. The topological polar surface area (TPSA) is 103 Å². The normalized spacial score (nSPS) is 15.2. The minimum absolute atomic E-state index is 0.260. The van der Waals surface area contributed by atoms with E-state index in [0.29, 0.717) is 17.3 Å². The van der Waals surface area contributed by atoms with Crippen molar-refractivity contribution in [2.45, 2.75) is 6.92 Å². The summed E-state index contributed by atoms with van der Waals surface area (Å²) in [6.07, 6.45) is 0. The van der Waals surface area contributed by atoms with Crippen molar-refractivity contribution in [2.75, 3.05) is 6.61 Å². The molecular formula is C11H14N4O3. The van der Waals surface area contributed by atoms with Crippen LogP contribution < -0.4 is 15.9 Å². The Kier molecular flexibility index (Phi) is 3.24. The van der Waals surface area contributed by atoms with Crippen LogP contribution in [0.5, 0.6) is 5.75 Å². The number of hydrazine groups is 1. The molecule has 0 spiro atoms. The molecule has 5 N–H and O–H groups in total. The Balaban J connectivity index is 2.25. The Morgan fingerprint density at radius 3 is 2.61 bits per heavy atom. The Morgan fingerprint density at radius 2 is 2.06 bits per heavy atom. The fourth-order valence-corrected chi connectivity index (χ4v) is 1.45. The maximum atomic E-state index is 9.42. The van der Waals surface area contributed by atoms with Crippen molar-refractivity contribution in [3.05, 3.63) is 41.5 Å². The van der Waals surface area contributed by atoms with Crippen LogP contribution in [0.3, 0.4) is 0 Å². The zero-order valence-corrected chi connectivity index (χ0v) is 9.79. The second kappa shape index (κ2) is 4.84. The second-order valence-corrected chi connectivity index (χ2v) is 3.55. The van der Waals surface area contributed by atoms with E-state index in [9.17, 15) is 10.3 Å². The molecule has 0 aromatic heterocycles. The second-order valence-electron chi connectivity index (χ2n) is 3.55. The van der Waals surface area contributed by atoms with Crippen LogP contribution in [-0.2, 0) is 0 Å². The Hall–Kier alpha value is -2.41. The number of aliphatic hydroxyl groups is 1. The van der Waals surface area contributed by atoms with Crippen molar-refractivity contribution in [3.63, 3.8) is 0 Å². The fourth-order valence-electron chi connectivity index (χ4n) is 1.45. The number of nitrogens with one attached hydrogen (secondary N) is 1. The van der Waals surface area contributed by atoms with Gasteiger partial charge >= 0.3 is 0 Å². The van der Waals surface area contributed by atoms with Crippen LogP contribution in [-0.4, -0.2) is 27.9 Å². The van der Waals surface area contributed by atoms with Gasteiger partial charge in [-0.05, 0) is 31.2 Å². The van der Waals surface area contributed by atoms with Crippen LogP contribution in [0, 0.1) is 0 Å². The number of ether oxygens (including phenoxy) is 1. The van der Waals surface area contributed by atoms with E-state index in [1.54, 1.807) is 24.3 Å². The van der Waals surface area contributed by atoms with Gasteiger partial charge in [-0.15, -0.1) is 5.17 Å². The van der Waals surface area contributed by atoms with Crippen molar-refractivity contribution in [1.82, 2.24) is 10.6 Å². The van der Waals surface area contributed by atoms with Crippen molar-refractivity contribution in [1.29, 1.82) is 0 Å². The molecule has 0 atom stereocenters. The Bertz CT molecular complexity index is 496. The summed E-state index contributed by atoms with van der Waals surface area (Å²) in [5.41, 5.74) is 8.54. The molecule has 1 aliphatic rings. The van der Waals surface area contributed by atoms with Crippen LogP contribution in [0.1, 0.15) is 12.5 Å². The molecule has 1 aromatic carbocycles. The first-order valence-corrected chi connectivity index (χ1v) is 5.38. The average molecular weight is 250 g/mol. The summed E-state index contributed by atoms with van der Waals surface area (Å²) < 4.78 is 5.31. The molecule has 0 bridgehead atoms. The zero-order chi connectivity index (χ0) is 13.1. The molecule has 0 aliphatic carbocycles. The van der Waals surface area contributed by atoms with Gasteiger partial charge in [-0.1, -0.05) is 0 Å². The van der Waals surface area contributed by atoms with E-state index in [1.807, 2.05) is 6.92 Å². The molecular weight excluding hydrogens is 236 g/mol. The molecule has 96 valence electrons. The van der Waals surface area contributed by atoms with Gasteiger partial charge < -0.3 is 15.6 Å². The van der Waals surface area contributed by atoms with E-state index in [1.165, 1.54) is 0 Å². The zero-order valence-electron chi connectivity index (χ0n) is 9.79. The first-order valence-electron chi connectivity index (χ1n) is 5.38. The number of rotatable bonds is 3. The molecule has 0 fully saturated rings. The molecule has 0 amide bonds. The van der Waals surface area contributed by atoms with Crippen molar-refractivity contribution < 1.29 is 15.1 Å². The summed E-state index contributed by atoms with van der Waals surface area (Å²) in [4.78, 5) is 3.83. The highest BCUT2D eigenvalue weighted by molar-refractivity contribution is 5.99. The summed E-state index contributed by atoms with van der Waals surface area (Å²) in [5.74, 6) is 0.315. The molecule has 7 nitrogen and oxygen atoms in total. The molecule has 18 heavy (non-hydrogen) atoms. The van der Waals surface area contributed by atoms with Crippen molar-refractivity contribution in [3.8, 4) is 5.75 Å². The number of nitrogens with two attached hydrogens (primary N) is 1. The number of amidine groups is 1. The highest BCUT2D eigenvalue weighted by atomic mass is 16.5. The molecule has 1 aromatic rings. The summed E-state index contributed by atoms with van der Waals surface area (Å²) in [6.45, 7) is 2.49. The van der Waals surface area contributed by atoms with Crippen LogP contribution in [0.4, 0.5) is 0 Å². The van der Waals surface area contributed by atoms with E-state index < -0.39 is 5.88 Å². The van der Waals surface area contributed by atoms with Crippen LogP contribution in [0.2, 0.25) is 0 Å². The van der Waals surface area contributed by atoms with Gasteiger partial charge in [0.05, 0.1) is 6.61 Å². The molecule has 0 saturated heterocycles. The Morgan fingerprint density at radius 1 is 1.39 bits per heavy atom. The smallest absolute Gasteiger partial charge is 0.259 e. The number of hydroxylamine groups is 1. The van der Waals surface area contributed by atoms with Crippen LogP contribution in [0.15, 0.2) is 41.0 Å². The third kappa shape index (κ3) is 2.30. The number of benzene rings is 1. The summed E-state index contributed by atoms with van der Waals surface area (Å²) in [6, 6.07) is 7.03. The lowest BCUT2D eigenvalue weighted by Crippen LogP contribution is -2.45. The number of nitrogens with zero attached hydrogens (tertiary/aromatic N) is 2. The number of hydrogen-bond donors (Lipinski definition) is 4. The highest BCUT2D eigenvalue weighted by Gasteiger charge is 2.18. The van der Waals surface area contributed by atoms with Gasteiger partial charge in [-0.2, -0.15) is 4.99 Å². The molecule has 7 heteroatoms. The maximum Gasteiger partial charge on any atom is 0.259 e. The average Bonchev–Trinajstić information content (AvgIpc) is 2.37. The molecule has 2 rings (SSSR count). The standard InChI is InChI=1S/C11H14N4O3/c1-2-18-8-5-3-7(4-6-8)10-13-11(16)9(12)15(17)14-10/h3-6,16-17H,2,12H2,1H3,(H,13,14). The number of aliphatic imine (C=N–C) groups is 1. The van der Waals surface area contributed by atoms with Gasteiger partial charge in [0.15, 0.2) is 5.84 Å². The minimum atomic E-state index is -0.444. The van der Waals surface area contributed by atoms with E-state index in [-0.39, 0.29) is 11.7 Å². The van der Waals surface area contributed by atoms with Gasteiger partial charge in [-0.3, -0.25) is 10.6 Å². The van der Waals surface area contributed by atoms with Gasteiger partial charge in [0, 0.05) is 5.56 Å². The fraction of sp³-hybridized carbons (Fsp3) is 0.182. The largest absolute Gasteiger partial charge is 0.494 e. The number of hydrogen-bond acceptors (Lipinski definition) is 7. The first kappa shape index (κ1) is 12.1. The minimum Gasteiger partial charge on any atom is -0.494 e. The predicted molar refractivity (Wildman–Crippen MR) is 64.8 cm³/mol. The maximum absolute atomic E-state index is 9.42. The molecule has 0 saturated carbocycles. The summed E-state index contributed by atoms with van der Waals surface area (Å²) >= 11 is 0.